The molecule has 1 amide bonds. The molecule has 0 radical (unpaired) electrons. The number of amides is 1. The molecule has 4 heteroatoms. The Labute approximate surface area is 94.8 Å². The Balaban J connectivity index is 2.92. The molecule has 0 aromatic heterocycles. The van der Waals surface area contributed by atoms with Crippen LogP contribution in [0.15, 0.2) is 18.2 Å². The summed E-state index contributed by atoms with van der Waals surface area (Å²) in [5.74, 6) is 5.61. The zero-order chi connectivity index (χ0) is 12.0. The first kappa shape index (κ1) is 11.9. The molecule has 0 saturated carbocycles. The number of carbonyl (C=O) groups is 1. The molecule has 0 aliphatic heterocycles. The van der Waals surface area contributed by atoms with Crippen molar-refractivity contribution in [1.82, 2.24) is 5.32 Å². The fourth-order valence-electron chi connectivity index (χ4n) is 1.26. The van der Waals surface area contributed by atoms with Crippen LogP contribution in [0.2, 0.25) is 0 Å². The van der Waals surface area contributed by atoms with E-state index in [9.17, 15) is 4.79 Å². The van der Waals surface area contributed by atoms with Crippen LogP contribution in [0, 0.1) is 11.8 Å². The summed E-state index contributed by atoms with van der Waals surface area (Å²) in [6.07, 6.45) is 0. The monoisotopic (exact) mass is 218 g/mol. The Kier molecular flexibility index (Phi) is 4.22. The van der Waals surface area contributed by atoms with Gasteiger partial charge in [-0.3, -0.25) is 4.79 Å². The van der Waals surface area contributed by atoms with Gasteiger partial charge in [-0.1, -0.05) is 12.0 Å². The lowest BCUT2D eigenvalue weighted by molar-refractivity contribution is 0.0956. The molecular formula is C12H14N2O2. The van der Waals surface area contributed by atoms with Gasteiger partial charge in [0.1, 0.15) is 11.3 Å². The molecule has 16 heavy (non-hydrogen) atoms. The smallest absolute Gasteiger partial charge is 0.257 e. The lowest BCUT2D eigenvalue weighted by atomic mass is 10.1. The first-order chi connectivity index (χ1) is 7.70. The summed E-state index contributed by atoms with van der Waals surface area (Å²) in [6.45, 7) is 2.01. The van der Waals surface area contributed by atoms with Crippen molar-refractivity contribution in [2.24, 2.45) is 0 Å². The molecule has 1 rings (SSSR count). The lowest BCUT2D eigenvalue weighted by Gasteiger charge is -2.10. The first-order valence-corrected chi connectivity index (χ1v) is 4.81. The topological polar surface area (TPSA) is 64.4 Å². The molecule has 0 fully saturated rings. The third-order valence-corrected chi connectivity index (χ3v) is 2.02. The van der Waals surface area contributed by atoms with Crippen molar-refractivity contribution in [3.05, 3.63) is 23.8 Å². The van der Waals surface area contributed by atoms with E-state index in [1.165, 1.54) is 7.11 Å². The van der Waals surface area contributed by atoms with E-state index >= 15 is 0 Å². The quantitative estimate of drug-likeness (QED) is 0.588. The highest BCUT2D eigenvalue weighted by atomic mass is 16.5. The predicted molar refractivity (Wildman–Crippen MR) is 63.2 cm³/mol. The number of nitrogen functional groups attached to an aromatic ring is 1. The number of carbonyl (C=O) groups excluding carboxylic acids is 1. The van der Waals surface area contributed by atoms with Gasteiger partial charge < -0.3 is 15.8 Å². The van der Waals surface area contributed by atoms with Gasteiger partial charge in [0.25, 0.3) is 5.91 Å². The van der Waals surface area contributed by atoms with Gasteiger partial charge in [-0.15, -0.1) is 5.92 Å². The number of benzene rings is 1. The van der Waals surface area contributed by atoms with Crippen molar-refractivity contribution < 1.29 is 9.53 Å². The fraction of sp³-hybridized carbons (Fsp3) is 0.250. The molecule has 0 aliphatic carbocycles. The maximum absolute atomic E-state index is 11.8. The zero-order valence-corrected chi connectivity index (χ0v) is 9.33. The van der Waals surface area contributed by atoms with Crippen molar-refractivity contribution in [2.75, 3.05) is 19.4 Å². The van der Waals surface area contributed by atoms with E-state index in [-0.39, 0.29) is 5.91 Å². The van der Waals surface area contributed by atoms with Gasteiger partial charge in [0.2, 0.25) is 0 Å². The second kappa shape index (κ2) is 5.66. The molecule has 0 atom stereocenters. The van der Waals surface area contributed by atoms with Crippen LogP contribution in [0.3, 0.4) is 0 Å². The van der Waals surface area contributed by atoms with Gasteiger partial charge in [-0.2, -0.15) is 0 Å². The van der Waals surface area contributed by atoms with Crippen molar-refractivity contribution in [2.45, 2.75) is 6.92 Å². The summed E-state index contributed by atoms with van der Waals surface area (Å²) in [7, 11) is 1.50. The van der Waals surface area contributed by atoms with Crippen molar-refractivity contribution in [3.8, 4) is 17.6 Å². The van der Waals surface area contributed by atoms with E-state index in [1.54, 1.807) is 25.1 Å². The van der Waals surface area contributed by atoms with Crippen LogP contribution in [-0.2, 0) is 0 Å². The van der Waals surface area contributed by atoms with E-state index in [0.29, 0.717) is 23.5 Å². The normalized spacial score (nSPS) is 8.88. The molecule has 0 spiro atoms. The lowest BCUT2D eigenvalue weighted by Crippen LogP contribution is -2.25. The van der Waals surface area contributed by atoms with E-state index in [0.717, 1.165) is 0 Å². The van der Waals surface area contributed by atoms with Gasteiger partial charge in [0.05, 0.1) is 13.7 Å². The van der Waals surface area contributed by atoms with Crippen LogP contribution in [0.1, 0.15) is 17.3 Å². The van der Waals surface area contributed by atoms with Gasteiger partial charge in [0.15, 0.2) is 0 Å². The molecule has 3 N–H and O–H groups in total. The number of nitrogens with one attached hydrogen (secondary N) is 1. The Morgan fingerprint density at radius 1 is 1.56 bits per heavy atom. The number of hydrogen-bond acceptors (Lipinski definition) is 3. The van der Waals surface area contributed by atoms with E-state index in [1.807, 2.05) is 0 Å². The minimum absolute atomic E-state index is 0.280. The minimum atomic E-state index is -0.280. The summed E-state index contributed by atoms with van der Waals surface area (Å²) in [6, 6.07) is 5.08. The largest absolute Gasteiger partial charge is 0.496 e. The van der Waals surface area contributed by atoms with Crippen LogP contribution in [0.5, 0.6) is 5.75 Å². The Morgan fingerprint density at radius 2 is 2.31 bits per heavy atom. The van der Waals surface area contributed by atoms with E-state index < -0.39 is 0 Å². The summed E-state index contributed by atoms with van der Waals surface area (Å²) in [4.78, 5) is 11.8. The van der Waals surface area contributed by atoms with Crippen molar-refractivity contribution in [3.63, 3.8) is 0 Å². The average molecular weight is 218 g/mol. The van der Waals surface area contributed by atoms with Crippen LogP contribution >= 0.6 is 0 Å². The van der Waals surface area contributed by atoms with Crippen LogP contribution in [0.4, 0.5) is 5.69 Å². The maximum Gasteiger partial charge on any atom is 0.257 e. The molecule has 84 valence electrons. The molecule has 1 aromatic rings. The number of rotatable bonds is 3. The molecular weight excluding hydrogens is 204 g/mol. The number of ether oxygens (including phenoxy) is 1. The third kappa shape index (κ3) is 2.67. The van der Waals surface area contributed by atoms with Gasteiger partial charge in [-0.05, 0) is 19.1 Å². The summed E-state index contributed by atoms with van der Waals surface area (Å²) in [5.41, 5.74) is 6.47. The number of methoxy groups -OCH3 is 1. The Morgan fingerprint density at radius 3 is 2.94 bits per heavy atom. The molecule has 0 saturated heterocycles. The second-order valence-electron chi connectivity index (χ2n) is 3.03. The SMILES string of the molecule is CC#CCNC(=O)c1c(N)cccc1OC. The third-order valence-electron chi connectivity index (χ3n) is 2.02. The highest BCUT2D eigenvalue weighted by molar-refractivity contribution is 6.01. The zero-order valence-electron chi connectivity index (χ0n) is 9.33. The summed E-state index contributed by atoms with van der Waals surface area (Å²) in [5, 5.41) is 2.64. The molecule has 0 unspecified atom stereocenters. The molecule has 4 nitrogen and oxygen atoms in total. The second-order valence-corrected chi connectivity index (χ2v) is 3.03. The Bertz CT molecular complexity index is 444. The van der Waals surface area contributed by atoms with Crippen LogP contribution < -0.4 is 15.8 Å². The fourth-order valence-corrected chi connectivity index (χ4v) is 1.26. The predicted octanol–water partition coefficient (Wildman–Crippen LogP) is 1.03. The maximum atomic E-state index is 11.8. The summed E-state index contributed by atoms with van der Waals surface area (Å²) < 4.78 is 5.08. The Hall–Kier alpha value is -2.15. The van der Waals surface area contributed by atoms with E-state index in [4.69, 9.17) is 10.5 Å². The summed E-state index contributed by atoms with van der Waals surface area (Å²) >= 11 is 0. The van der Waals surface area contributed by atoms with Gasteiger partial charge >= 0.3 is 0 Å². The first-order valence-electron chi connectivity index (χ1n) is 4.81. The molecule has 0 aliphatic rings. The van der Waals surface area contributed by atoms with Crippen molar-refractivity contribution in [1.29, 1.82) is 0 Å². The molecule has 1 aromatic carbocycles. The van der Waals surface area contributed by atoms with Gasteiger partial charge in [-0.25, -0.2) is 0 Å². The van der Waals surface area contributed by atoms with Gasteiger partial charge in [0, 0.05) is 5.69 Å². The number of nitrogens with two attached hydrogens (primary N) is 1. The molecule has 0 heterocycles. The van der Waals surface area contributed by atoms with Crippen LogP contribution in [0.25, 0.3) is 0 Å². The average Bonchev–Trinajstić information content (AvgIpc) is 2.28. The number of anilines is 1. The van der Waals surface area contributed by atoms with Crippen LogP contribution in [-0.4, -0.2) is 19.6 Å². The highest BCUT2D eigenvalue weighted by Crippen LogP contribution is 2.23. The minimum Gasteiger partial charge on any atom is -0.496 e. The highest BCUT2D eigenvalue weighted by Gasteiger charge is 2.14. The standard InChI is InChI=1S/C12H14N2O2/c1-3-4-8-14-12(15)11-9(13)6-5-7-10(11)16-2/h5-7H,8,13H2,1-2H3,(H,14,15). The van der Waals surface area contributed by atoms with Crippen molar-refractivity contribution >= 4 is 11.6 Å². The molecule has 0 bridgehead atoms. The number of hydrogen-bond donors (Lipinski definition) is 2. The van der Waals surface area contributed by atoms with E-state index in [2.05, 4.69) is 17.2 Å².